The molecule has 0 aliphatic carbocycles. The minimum Gasteiger partial charge on any atom is -0.358 e. The van der Waals surface area contributed by atoms with Gasteiger partial charge < -0.3 is 10.6 Å². The molecule has 3 rings (SSSR count). The van der Waals surface area contributed by atoms with Crippen molar-refractivity contribution in [1.82, 2.24) is 10.3 Å². The van der Waals surface area contributed by atoms with Crippen molar-refractivity contribution in [2.45, 2.75) is 20.4 Å². The smallest absolute Gasteiger partial charge is 0.171 e. The Labute approximate surface area is 151 Å². The number of hydrogen-bond donors (Lipinski definition) is 2. The number of nitrogens with zero attached hydrogens (tertiary/aromatic N) is 1. The number of thiocarbonyl (C=S) groups is 1. The largest absolute Gasteiger partial charge is 0.358 e. The molecule has 3 aromatic rings. The van der Waals surface area contributed by atoms with E-state index in [2.05, 4.69) is 64.3 Å². The van der Waals surface area contributed by atoms with Crippen molar-refractivity contribution in [3.8, 4) is 11.3 Å². The summed E-state index contributed by atoms with van der Waals surface area (Å²) in [5.41, 5.74) is 5.51. The highest BCUT2D eigenvalue weighted by Crippen LogP contribution is 2.24. The van der Waals surface area contributed by atoms with Crippen molar-refractivity contribution in [3.63, 3.8) is 0 Å². The molecular formula is C19H19N3S2. The first-order chi connectivity index (χ1) is 11.6. The molecule has 5 heteroatoms. The molecule has 0 aliphatic heterocycles. The quantitative estimate of drug-likeness (QED) is 0.653. The molecule has 0 saturated carbocycles. The molecule has 0 amide bonds. The molecule has 122 valence electrons. The molecule has 1 aromatic heterocycles. The SMILES string of the molecule is Cc1ccc(CNC(=S)Nc2cccc(-c3csc(C)n3)c2)cc1. The summed E-state index contributed by atoms with van der Waals surface area (Å²) >= 11 is 7.05. The molecule has 0 aliphatic rings. The number of rotatable bonds is 4. The normalized spacial score (nSPS) is 10.4. The fourth-order valence-electron chi connectivity index (χ4n) is 2.32. The number of aromatic nitrogens is 1. The minimum absolute atomic E-state index is 0.613. The first-order valence-electron chi connectivity index (χ1n) is 7.73. The van der Waals surface area contributed by atoms with Crippen molar-refractivity contribution in [1.29, 1.82) is 0 Å². The third kappa shape index (κ3) is 4.40. The van der Waals surface area contributed by atoms with Gasteiger partial charge in [-0.3, -0.25) is 0 Å². The van der Waals surface area contributed by atoms with Crippen LogP contribution in [0.2, 0.25) is 0 Å². The third-order valence-corrected chi connectivity index (χ3v) is 4.63. The van der Waals surface area contributed by atoms with Gasteiger partial charge in [-0.15, -0.1) is 11.3 Å². The predicted molar refractivity (Wildman–Crippen MR) is 107 cm³/mol. The lowest BCUT2D eigenvalue weighted by atomic mass is 10.1. The zero-order chi connectivity index (χ0) is 16.9. The zero-order valence-electron chi connectivity index (χ0n) is 13.7. The van der Waals surface area contributed by atoms with Crippen molar-refractivity contribution in [2.24, 2.45) is 0 Å². The predicted octanol–water partition coefficient (Wildman–Crippen LogP) is 4.91. The van der Waals surface area contributed by atoms with Crippen LogP contribution in [0.4, 0.5) is 5.69 Å². The number of thiazole rings is 1. The average Bonchev–Trinajstić information content (AvgIpc) is 3.01. The van der Waals surface area contributed by atoms with Gasteiger partial charge in [0.2, 0.25) is 0 Å². The number of anilines is 1. The first-order valence-corrected chi connectivity index (χ1v) is 9.02. The Bertz CT molecular complexity index is 838. The number of aryl methyl sites for hydroxylation is 2. The first kappa shape index (κ1) is 16.6. The summed E-state index contributed by atoms with van der Waals surface area (Å²) in [4.78, 5) is 4.53. The summed E-state index contributed by atoms with van der Waals surface area (Å²) in [6, 6.07) is 16.6. The highest BCUT2D eigenvalue weighted by atomic mass is 32.1. The lowest BCUT2D eigenvalue weighted by Crippen LogP contribution is -2.27. The standard InChI is InChI=1S/C19H19N3S2/c1-13-6-8-15(9-7-13)11-20-19(23)22-17-5-3-4-16(10-17)18-12-24-14(2)21-18/h3-10,12H,11H2,1-2H3,(H2,20,22,23). The summed E-state index contributed by atoms with van der Waals surface area (Å²) < 4.78 is 0. The molecular weight excluding hydrogens is 334 g/mol. The molecule has 0 fully saturated rings. The summed E-state index contributed by atoms with van der Waals surface area (Å²) in [5.74, 6) is 0. The second-order valence-corrected chi connectivity index (χ2v) is 7.10. The molecule has 24 heavy (non-hydrogen) atoms. The summed E-state index contributed by atoms with van der Waals surface area (Å²) in [6.07, 6.45) is 0. The van der Waals surface area contributed by atoms with Crippen LogP contribution in [0.5, 0.6) is 0 Å². The summed E-state index contributed by atoms with van der Waals surface area (Å²) in [6.45, 7) is 4.80. The van der Waals surface area contributed by atoms with Crippen LogP contribution < -0.4 is 10.6 Å². The van der Waals surface area contributed by atoms with Crippen molar-refractivity contribution in [3.05, 3.63) is 70.0 Å². The highest BCUT2D eigenvalue weighted by Gasteiger charge is 2.04. The Balaban J connectivity index is 1.61. The minimum atomic E-state index is 0.613. The molecule has 1 heterocycles. The van der Waals surface area contributed by atoms with E-state index in [1.807, 2.05) is 19.1 Å². The van der Waals surface area contributed by atoms with Crippen LogP contribution >= 0.6 is 23.6 Å². The molecule has 3 nitrogen and oxygen atoms in total. The van der Waals surface area contributed by atoms with Gasteiger partial charge in [0, 0.05) is 23.2 Å². The van der Waals surface area contributed by atoms with Gasteiger partial charge in [-0.2, -0.15) is 0 Å². The fraction of sp³-hybridized carbons (Fsp3) is 0.158. The topological polar surface area (TPSA) is 37.0 Å². The number of benzene rings is 2. The lowest BCUT2D eigenvalue weighted by molar-refractivity contribution is 0.925. The van der Waals surface area contributed by atoms with E-state index in [0.29, 0.717) is 11.7 Å². The summed E-state index contributed by atoms with van der Waals surface area (Å²) in [7, 11) is 0. The van der Waals surface area contributed by atoms with Gasteiger partial charge >= 0.3 is 0 Å². The maximum atomic E-state index is 5.39. The van der Waals surface area contributed by atoms with Crippen LogP contribution in [-0.4, -0.2) is 10.1 Å². The van der Waals surface area contributed by atoms with E-state index in [9.17, 15) is 0 Å². The maximum absolute atomic E-state index is 5.39. The van der Waals surface area contributed by atoms with Crippen LogP contribution in [0.3, 0.4) is 0 Å². The molecule has 2 N–H and O–H groups in total. The Morgan fingerprint density at radius 2 is 1.92 bits per heavy atom. The van der Waals surface area contributed by atoms with E-state index in [1.165, 1.54) is 11.1 Å². The second kappa shape index (κ2) is 7.55. The van der Waals surface area contributed by atoms with Gasteiger partial charge in [0.1, 0.15) is 0 Å². The van der Waals surface area contributed by atoms with E-state index in [1.54, 1.807) is 11.3 Å². The number of nitrogens with one attached hydrogen (secondary N) is 2. The molecule has 0 unspecified atom stereocenters. The van der Waals surface area contributed by atoms with Crippen LogP contribution in [0, 0.1) is 13.8 Å². The van der Waals surface area contributed by atoms with Crippen LogP contribution in [0.25, 0.3) is 11.3 Å². The Hall–Kier alpha value is -2.24. The van der Waals surface area contributed by atoms with Crippen LogP contribution in [-0.2, 0) is 6.54 Å². The van der Waals surface area contributed by atoms with E-state index in [0.717, 1.165) is 22.0 Å². The van der Waals surface area contributed by atoms with Gasteiger partial charge in [-0.25, -0.2) is 4.98 Å². The highest BCUT2D eigenvalue weighted by molar-refractivity contribution is 7.80. The van der Waals surface area contributed by atoms with Gasteiger partial charge in [0.25, 0.3) is 0 Å². The maximum Gasteiger partial charge on any atom is 0.171 e. The lowest BCUT2D eigenvalue weighted by Gasteiger charge is -2.11. The van der Waals surface area contributed by atoms with E-state index in [4.69, 9.17) is 12.2 Å². The van der Waals surface area contributed by atoms with Crippen LogP contribution in [0.1, 0.15) is 16.1 Å². The van der Waals surface area contributed by atoms with Gasteiger partial charge in [0.15, 0.2) is 5.11 Å². The fourth-order valence-corrected chi connectivity index (χ4v) is 3.13. The molecule has 2 aromatic carbocycles. The van der Waals surface area contributed by atoms with E-state index in [-0.39, 0.29) is 0 Å². The van der Waals surface area contributed by atoms with Crippen molar-refractivity contribution < 1.29 is 0 Å². The third-order valence-electron chi connectivity index (χ3n) is 3.61. The molecule has 0 spiro atoms. The van der Waals surface area contributed by atoms with Crippen molar-refractivity contribution >= 4 is 34.4 Å². The second-order valence-electron chi connectivity index (χ2n) is 5.63. The molecule has 0 bridgehead atoms. The summed E-state index contributed by atoms with van der Waals surface area (Å²) in [5, 5.41) is 10.2. The monoisotopic (exact) mass is 353 g/mol. The van der Waals surface area contributed by atoms with E-state index >= 15 is 0 Å². The zero-order valence-corrected chi connectivity index (χ0v) is 15.3. The average molecular weight is 354 g/mol. The van der Waals surface area contributed by atoms with Gasteiger partial charge in [-0.05, 0) is 43.8 Å². The van der Waals surface area contributed by atoms with Crippen molar-refractivity contribution in [2.75, 3.05) is 5.32 Å². The number of hydrogen-bond acceptors (Lipinski definition) is 3. The van der Waals surface area contributed by atoms with Crippen LogP contribution in [0.15, 0.2) is 53.9 Å². The molecule has 0 saturated heterocycles. The Kier molecular flexibility index (Phi) is 5.23. The van der Waals surface area contributed by atoms with Gasteiger partial charge in [-0.1, -0.05) is 42.0 Å². The van der Waals surface area contributed by atoms with E-state index < -0.39 is 0 Å². The Morgan fingerprint density at radius 1 is 1.12 bits per heavy atom. The molecule has 0 radical (unpaired) electrons. The van der Waals surface area contributed by atoms with Gasteiger partial charge in [0.05, 0.1) is 10.7 Å². The molecule has 0 atom stereocenters. The Morgan fingerprint density at radius 3 is 2.62 bits per heavy atom.